The average Bonchev–Trinajstić information content (AvgIpc) is 2.82. The van der Waals surface area contributed by atoms with E-state index in [9.17, 15) is 5.11 Å². The fourth-order valence-corrected chi connectivity index (χ4v) is 3.84. The molecule has 3 rings (SSSR count). The minimum atomic E-state index is -0.300. The van der Waals surface area contributed by atoms with Crippen molar-refractivity contribution in [1.82, 2.24) is 0 Å². The topological polar surface area (TPSA) is 29.5 Å². The first-order valence-electron chi connectivity index (χ1n) is 6.40. The second-order valence-corrected chi connectivity index (χ2v) is 7.31. The van der Waals surface area contributed by atoms with Crippen LogP contribution in [-0.2, 0) is 13.0 Å². The molecule has 1 aliphatic rings. The Balaban J connectivity index is 1.72. The molecule has 1 atom stereocenters. The molecule has 4 heteroatoms. The van der Waals surface area contributed by atoms with Gasteiger partial charge in [-0.1, -0.05) is 6.07 Å². The molecule has 0 saturated carbocycles. The highest BCUT2D eigenvalue weighted by Gasteiger charge is 2.18. The number of thiophene rings is 1. The Kier molecular flexibility index (Phi) is 3.91. The molecule has 0 fully saturated rings. The van der Waals surface area contributed by atoms with Crippen molar-refractivity contribution in [3.05, 3.63) is 50.1 Å². The van der Waals surface area contributed by atoms with Crippen molar-refractivity contribution in [1.29, 1.82) is 0 Å². The second kappa shape index (κ2) is 5.65. The van der Waals surface area contributed by atoms with E-state index in [0.717, 1.165) is 34.4 Å². The fourth-order valence-electron chi connectivity index (χ4n) is 2.44. The molecule has 100 valence electrons. The molecule has 0 amide bonds. The first-order valence-corrected chi connectivity index (χ1v) is 8.01. The van der Waals surface area contributed by atoms with Crippen LogP contribution in [0.3, 0.4) is 0 Å². The number of aryl methyl sites for hydroxylation is 1. The summed E-state index contributed by atoms with van der Waals surface area (Å²) >= 11 is 5.14. The molecule has 0 spiro atoms. The van der Waals surface area contributed by atoms with Crippen molar-refractivity contribution < 1.29 is 9.84 Å². The summed E-state index contributed by atoms with van der Waals surface area (Å²) in [5.74, 6) is 0.886. The van der Waals surface area contributed by atoms with E-state index in [0.29, 0.717) is 6.61 Å². The van der Waals surface area contributed by atoms with Gasteiger partial charge in [0.2, 0.25) is 0 Å². The van der Waals surface area contributed by atoms with Gasteiger partial charge in [0.05, 0.1) is 9.89 Å². The number of aliphatic hydroxyl groups is 1. The highest BCUT2D eigenvalue weighted by atomic mass is 79.9. The number of hydrogen-bond acceptors (Lipinski definition) is 3. The van der Waals surface area contributed by atoms with Crippen LogP contribution >= 0.6 is 27.3 Å². The van der Waals surface area contributed by atoms with Crippen LogP contribution in [0, 0.1) is 0 Å². The molecule has 1 aromatic heterocycles. The van der Waals surface area contributed by atoms with Gasteiger partial charge in [-0.05, 0) is 70.6 Å². The van der Waals surface area contributed by atoms with Crippen LogP contribution in [0.5, 0.6) is 5.75 Å². The summed E-state index contributed by atoms with van der Waals surface area (Å²) in [6.45, 7) is 0.595. The monoisotopic (exact) mass is 338 g/mol. The lowest BCUT2D eigenvalue weighted by Crippen LogP contribution is -2.09. The minimum Gasteiger partial charge on any atom is -0.488 e. The van der Waals surface area contributed by atoms with Crippen LogP contribution < -0.4 is 4.74 Å². The van der Waals surface area contributed by atoms with Crippen molar-refractivity contribution >= 4 is 27.3 Å². The summed E-state index contributed by atoms with van der Waals surface area (Å²) in [4.78, 5) is 1.20. The number of benzene rings is 1. The van der Waals surface area contributed by atoms with Gasteiger partial charge in [-0.25, -0.2) is 0 Å². The molecule has 0 radical (unpaired) electrons. The van der Waals surface area contributed by atoms with Crippen molar-refractivity contribution in [2.75, 3.05) is 0 Å². The van der Waals surface area contributed by atoms with Gasteiger partial charge in [0, 0.05) is 4.88 Å². The van der Waals surface area contributed by atoms with Crippen LogP contribution in [0.1, 0.15) is 34.9 Å². The largest absolute Gasteiger partial charge is 0.488 e. The van der Waals surface area contributed by atoms with Crippen molar-refractivity contribution in [2.24, 2.45) is 0 Å². The van der Waals surface area contributed by atoms with E-state index in [4.69, 9.17) is 4.74 Å². The van der Waals surface area contributed by atoms with Crippen LogP contribution in [-0.4, -0.2) is 5.11 Å². The number of aliphatic hydroxyl groups excluding tert-OH is 1. The highest BCUT2D eigenvalue weighted by molar-refractivity contribution is 9.11. The van der Waals surface area contributed by atoms with Gasteiger partial charge >= 0.3 is 0 Å². The fraction of sp³-hybridized carbons (Fsp3) is 0.333. The van der Waals surface area contributed by atoms with E-state index in [1.807, 2.05) is 18.2 Å². The number of ether oxygens (including phenoxy) is 1. The maximum atomic E-state index is 9.92. The van der Waals surface area contributed by atoms with Gasteiger partial charge in [-0.2, -0.15) is 0 Å². The Morgan fingerprint density at radius 3 is 3.00 bits per heavy atom. The Hall–Kier alpha value is -0.840. The zero-order chi connectivity index (χ0) is 13.2. The Bertz CT molecular complexity index is 579. The molecule has 0 bridgehead atoms. The molecule has 0 saturated heterocycles. The first kappa shape index (κ1) is 13.2. The van der Waals surface area contributed by atoms with Gasteiger partial charge in [0.25, 0.3) is 0 Å². The van der Waals surface area contributed by atoms with Crippen molar-refractivity contribution in [3.8, 4) is 5.75 Å². The van der Waals surface area contributed by atoms with Gasteiger partial charge in [-0.15, -0.1) is 11.3 Å². The van der Waals surface area contributed by atoms with Crippen molar-refractivity contribution in [2.45, 2.75) is 32.0 Å². The maximum absolute atomic E-state index is 9.92. The normalized spacial score (nSPS) is 18.1. The van der Waals surface area contributed by atoms with Crippen LogP contribution in [0.15, 0.2) is 34.1 Å². The number of fused-ring (bicyclic) bond motifs is 1. The van der Waals surface area contributed by atoms with Gasteiger partial charge in [-0.3, -0.25) is 0 Å². The molecular weight excluding hydrogens is 324 g/mol. The Labute approximate surface area is 125 Å². The molecule has 2 nitrogen and oxygen atoms in total. The molecule has 1 unspecified atom stereocenters. The minimum absolute atomic E-state index is 0.300. The number of rotatable bonds is 3. The molecule has 0 aliphatic heterocycles. The molecule has 2 aromatic rings. The SMILES string of the molecule is OC1CCCc2cc(OCc3ccc(Br)s3)ccc21. The summed E-state index contributed by atoms with van der Waals surface area (Å²) in [6, 6.07) is 10.1. The Morgan fingerprint density at radius 1 is 1.32 bits per heavy atom. The molecule has 1 aromatic carbocycles. The lowest BCUT2D eigenvalue weighted by molar-refractivity contribution is 0.156. The summed E-state index contributed by atoms with van der Waals surface area (Å²) in [5, 5.41) is 9.92. The molecule has 19 heavy (non-hydrogen) atoms. The predicted octanol–water partition coefficient (Wildman–Crippen LogP) is 4.46. The summed E-state index contributed by atoms with van der Waals surface area (Å²) in [6.07, 6.45) is 2.66. The first-order chi connectivity index (χ1) is 9.22. The second-order valence-electron chi connectivity index (χ2n) is 4.76. The van der Waals surface area contributed by atoms with Crippen LogP contribution in [0.4, 0.5) is 0 Å². The lowest BCUT2D eigenvalue weighted by atomic mass is 9.89. The summed E-state index contributed by atoms with van der Waals surface area (Å²) in [5.41, 5.74) is 2.29. The van der Waals surface area contributed by atoms with E-state index in [1.165, 1.54) is 10.4 Å². The third-order valence-corrected chi connectivity index (χ3v) is 5.00. The van der Waals surface area contributed by atoms with Crippen LogP contribution in [0.25, 0.3) is 0 Å². The van der Waals surface area contributed by atoms with E-state index in [1.54, 1.807) is 11.3 Å². The van der Waals surface area contributed by atoms with E-state index in [2.05, 4.69) is 28.1 Å². The maximum Gasteiger partial charge on any atom is 0.122 e. The Morgan fingerprint density at radius 2 is 2.21 bits per heavy atom. The van der Waals surface area contributed by atoms with Crippen molar-refractivity contribution in [3.63, 3.8) is 0 Å². The standard InChI is InChI=1S/C15H15BrO2S/c16-15-7-5-12(19-15)9-18-11-4-6-13-10(8-11)2-1-3-14(13)17/h4-8,14,17H,1-3,9H2. The number of hydrogen-bond donors (Lipinski definition) is 1. The predicted molar refractivity (Wildman–Crippen MR) is 80.7 cm³/mol. The summed E-state index contributed by atoms with van der Waals surface area (Å²) in [7, 11) is 0. The van der Waals surface area contributed by atoms with E-state index >= 15 is 0 Å². The zero-order valence-electron chi connectivity index (χ0n) is 10.4. The summed E-state index contributed by atoms with van der Waals surface area (Å²) < 4.78 is 6.94. The third-order valence-electron chi connectivity index (χ3n) is 3.41. The zero-order valence-corrected chi connectivity index (χ0v) is 12.8. The van der Waals surface area contributed by atoms with Gasteiger partial charge < -0.3 is 9.84 Å². The molecular formula is C15H15BrO2S. The third kappa shape index (κ3) is 3.02. The van der Waals surface area contributed by atoms with Gasteiger partial charge in [0.1, 0.15) is 12.4 Å². The highest BCUT2D eigenvalue weighted by Crippen LogP contribution is 2.32. The quantitative estimate of drug-likeness (QED) is 0.895. The van der Waals surface area contributed by atoms with Crippen LogP contribution in [0.2, 0.25) is 0 Å². The smallest absolute Gasteiger partial charge is 0.122 e. The van der Waals surface area contributed by atoms with E-state index < -0.39 is 0 Å². The molecule has 1 aliphatic carbocycles. The molecule has 1 N–H and O–H groups in total. The lowest BCUT2D eigenvalue weighted by Gasteiger charge is -2.21. The van der Waals surface area contributed by atoms with E-state index in [-0.39, 0.29) is 6.10 Å². The molecule has 1 heterocycles. The number of halogens is 1. The van der Waals surface area contributed by atoms with Gasteiger partial charge in [0.15, 0.2) is 0 Å². The average molecular weight is 339 g/mol.